The molecular weight excluding hydrogens is 224 g/mol. The summed E-state index contributed by atoms with van der Waals surface area (Å²) in [5.74, 6) is 0.266. The van der Waals surface area contributed by atoms with Crippen LogP contribution in [-0.4, -0.2) is 18.5 Å². The standard InChI is InChI=1S/C13H15ClO2/c1-16-13(15)10-4-2-9(3-5-10)11-6-7-12(14)8-11/h2-5,11-12H,6-8H2,1H3. The maximum Gasteiger partial charge on any atom is 0.337 e. The summed E-state index contributed by atoms with van der Waals surface area (Å²) in [6, 6.07) is 7.66. The molecule has 16 heavy (non-hydrogen) atoms. The molecule has 2 nitrogen and oxygen atoms in total. The van der Waals surface area contributed by atoms with Crippen LogP contribution in [0.2, 0.25) is 0 Å². The molecule has 0 spiro atoms. The molecule has 0 saturated heterocycles. The molecule has 0 bridgehead atoms. The van der Waals surface area contributed by atoms with Gasteiger partial charge >= 0.3 is 5.97 Å². The van der Waals surface area contributed by atoms with Crippen molar-refractivity contribution in [3.8, 4) is 0 Å². The molecule has 0 aromatic heterocycles. The van der Waals surface area contributed by atoms with Gasteiger partial charge in [0.1, 0.15) is 0 Å². The Bertz CT molecular complexity index is 372. The van der Waals surface area contributed by atoms with Crippen LogP contribution in [0.3, 0.4) is 0 Å². The number of carbonyl (C=O) groups is 1. The Morgan fingerprint density at radius 2 is 2.00 bits per heavy atom. The lowest BCUT2D eigenvalue weighted by atomic mass is 9.97. The largest absolute Gasteiger partial charge is 0.465 e. The molecule has 0 N–H and O–H groups in total. The minimum absolute atomic E-state index is 0.284. The number of esters is 1. The van der Waals surface area contributed by atoms with Crippen molar-refractivity contribution in [3.05, 3.63) is 35.4 Å². The second-order valence-corrected chi connectivity index (χ2v) is 4.84. The van der Waals surface area contributed by atoms with Crippen LogP contribution in [0.5, 0.6) is 0 Å². The molecule has 0 amide bonds. The molecule has 3 heteroatoms. The third kappa shape index (κ3) is 2.38. The highest BCUT2D eigenvalue weighted by atomic mass is 35.5. The number of methoxy groups -OCH3 is 1. The summed E-state index contributed by atoms with van der Waals surface area (Å²) in [5.41, 5.74) is 1.88. The number of alkyl halides is 1. The number of carbonyl (C=O) groups excluding carboxylic acids is 1. The van der Waals surface area contributed by atoms with Gasteiger partial charge in [-0.3, -0.25) is 0 Å². The zero-order chi connectivity index (χ0) is 11.5. The van der Waals surface area contributed by atoms with E-state index in [0.717, 1.165) is 19.3 Å². The number of hydrogen-bond acceptors (Lipinski definition) is 2. The SMILES string of the molecule is COC(=O)c1ccc(C2CCC(Cl)C2)cc1. The summed E-state index contributed by atoms with van der Waals surface area (Å²) in [6.07, 6.45) is 3.27. The highest BCUT2D eigenvalue weighted by Gasteiger charge is 2.24. The third-order valence-corrected chi connectivity index (χ3v) is 3.57. The smallest absolute Gasteiger partial charge is 0.337 e. The second-order valence-electron chi connectivity index (χ2n) is 4.22. The Morgan fingerprint density at radius 1 is 1.31 bits per heavy atom. The van der Waals surface area contributed by atoms with Gasteiger partial charge in [-0.1, -0.05) is 12.1 Å². The molecule has 86 valence electrons. The monoisotopic (exact) mass is 238 g/mol. The Hall–Kier alpha value is -1.02. The van der Waals surface area contributed by atoms with E-state index in [-0.39, 0.29) is 5.97 Å². The number of ether oxygens (including phenoxy) is 1. The number of halogens is 1. The number of hydrogen-bond donors (Lipinski definition) is 0. The quantitative estimate of drug-likeness (QED) is 0.584. The Labute approximate surface area is 101 Å². The third-order valence-electron chi connectivity index (χ3n) is 3.17. The Balaban J connectivity index is 2.10. The maximum absolute atomic E-state index is 11.3. The van der Waals surface area contributed by atoms with E-state index >= 15 is 0 Å². The van der Waals surface area contributed by atoms with Crippen LogP contribution in [0.15, 0.2) is 24.3 Å². The van der Waals surface area contributed by atoms with Crippen LogP contribution in [0.4, 0.5) is 0 Å². The van der Waals surface area contributed by atoms with Crippen molar-refractivity contribution in [2.45, 2.75) is 30.6 Å². The van der Waals surface area contributed by atoms with Crippen molar-refractivity contribution in [3.63, 3.8) is 0 Å². The molecule has 0 aliphatic heterocycles. The van der Waals surface area contributed by atoms with Gasteiger partial charge in [0.05, 0.1) is 12.7 Å². The second kappa shape index (κ2) is 4.88. The van der Waals surface area contributed by atoms with Gasteiger partial charge in [-0.05, 0) is 42.9 Å². The highest BCUT2D eigenvalue weighted by molar-refractivity contribution is 6.20. The van der Waals surface area contributed by atoms with Gasteiger partial charge in [0.2, 0.25) is 0 Å². The van der Waals surface area contributed by atoms with Crippen LogP contribution in [0.1, 0.15) is 41.1 Å². The fourth-order valence-corrected chi connectivity index (χ4v) is 2.58. The molecule has 2 atom stereocenters. The molecule has 0 radical (unpaired) electrons. The molecular formula is C13H15ClO2. The predicted octanol–water partition coefficient (Wildman–Crippen LogP) is 3.35. The van der Waals surface area contributed by atoms with Gasteiger partial charge in [0, 0.05) is 5.38 Å². The molecule has 1 aromatic rings. The van der Waals surface area contributed by atoms with E-state index in [1.54, 1.807) is 0 Å². The molecule has 0 heterocycles. The first-order valence-corrected chi connectivity index (χ1v) is 5.96. The average Bonchev–Trinajstić information content (AvgIpc) is 2.75. The summed E-state index contributed by atoms with van der Waals surface area (Å²) in [5, 5.41) is 0.310. The van der Waals surface area contributed by atoms with Crippen molar-refractivity contribution in [1.82, 2.24) is 0 Å². The first-order valence-electron chi connectivity index (χ1n) is 5.53. The molecule has 1 saturated carbocycles. The zero-order valence-corrected chi connectivity index (χ0v) is 10.0. The van der Waals surface area contributed by atoms with Gasteiger partial charge in [0.15, 0.2) is 0 Å². The summed E-state index contributed by atoms with van der Waals surface area (Å²) in [7, 11) is 1.39. The molecule has 1 aliphatic carbocycles. The summed E-state index contributed by atoms with van der Waals surface area (Å²) >= 11 is 6.09. The van der Waals surface area contributed by atoms with E-state index < -0.39 is 0 Å². The lowest BCUT2D eigenvalue weighted by molar-refractivity contribution is 0.0600. The summed E-state index contributed by atoms with van der Waals surface area (Å²) < 4.78 is 4.66. The van der Waals surface area contributed by atoms with Crippen LogP contribution in [-0.2, 0) is 4.74 Å². The molecule has 1 aromatic carbocycles. The van der Waals surface area contributed by atoms with E-state index in [9.17, 15) is 4.79 Å². The van der Waals surface area contributed by atoms with Gasteiger partial charge < -0.3 is 4.74 Å². The van der Waals surface area contributed by atoms with Gasteiger partial charge in [-0.15, -0.1) is 11.6 Å². The van der Waals surface area contributed by atoms with Crippen molar-refractivity contribution >= 4 is 17.6 Å². The van der Waals surface area contributed by atoms with Crippen molar-refractivity contribution in [2.24, 2.45) is 0 Å². The fraction of sp³-hybridized carbons (Fsp3) is 0.462. The molecule has 1 aliphatic rings. The van der Waals surface area contributed by atoms with Crippen LogP contribution >= 0.6 is 11.6 Å². The molecule has 1 fully saturated rings. The van der Waals surface area contributed by atoms with E-state index in [0.29, 0.717) is 16.9 Å². The molecule has 2 unspecified atom stereocenters. The summed E-state index contributed by atoms with van der Waals surface area (Å²) in [4.78, 5) is 11.3. The van der Waals surface area contributed by atoms with Crippen LogP contribution in [0, 0.1) is 0 Å². The Morgan fingerprint density at radius 3 is 2.50 bits per heavy atom. The minimum Gasteiger partial charge on any atom is -0.465 e. The highest BCUT2D eigenvalue weighted by Crippen LogP contribution is 2.36. The van der Waals surface area contributed by atoms with Crippen molar-refractivity contribution < 1.29 is 9.53 Å². The minimum atomic E-state index is -0.284. The van der Waals surface area contributed by atoms with Crippen molar-refractivity contribution in [2.75, 3.05) is 7.11 Å². The topological polar surface area (TPSA) is 26.3 Å². The van der Waals surface area contributed by atoms with E-state index in [1.807, 2.05) is 24.3 Å². The maximum atomic E-state index is 11.3. The van der Waals surface area contributed by atoms with E-state index in [1.165, 1.54) is 12.7 Å². The van der Waals surface area contributed by atoms with Crippen LogP contribution in [0.25, 0.3) is 0 Å². The first-order chi connectivity index (χ1) is 7.70. The van der Waals surface area contributed by atoms with Gasteiger partial charge in [-0.25, -0.2) is 4.79 Å². The number of benzene rings is 1. The Kier molecular flexibility index (Phi) is 3.49. The first kappa shape index (κ1) is 11.5. The summed E-state index contributed by atoms with van der Waals surface area (Å²) in [6.45, 7) is 0. The lowest BCUT2D eigenvalue weighted by Crippen LogP contribution is -2.02. The number of rotatable bonds is 2. The van der Waals surface area contributed by atoms with Gasteiger partial charge in [-0.2, -0.15) is 0 Å². The fourth-order valence-electron chi connectivity index (χ4n) is 2.24. The average molecular weight is 239 g/mol. The van der Waals surface area contributed by atoms with Gasteiger partial charge in [0.25, 0.3) is 0 Å². The van der Waals surface area contributed by atoms with E-state index in [2.05, 4.69) is 4.74 Å². The van der Waals surface area contributed by atoms with Crippen molar-refractivity contribution in [1.29, 1.82) is 0 Å². The lowest BCUT2D eigenvalue weighted by Gasteiger charge is -2.09. The molecule has 2 rings (SSSR count). The zero-order valence-electron chi connectivity index (χ0n) is 9.28. The van der Waals surface area contributed by atoms with E-state index in [4.69, 9.17) is 11.6 Å². The predicted molar refractivity (Wildman–Crippen MR) is 64.0 cm³/mol. The normalized spacial score (nSPS) is 24.4. The van der Waals surface area contributed by atoms with Crippen LogP contribution < -0.4 is 0 Å².